The predicted octanol–water partition coefficient (Wildman–Crippen LogP) is 5.19. The Kier molecular flexibility index (Phi) is 4.35. The second-order valence-electron chi connectivity index (χ2n) is 5.29. The molecule has 0 saturated carbocycles. The van der Waals surface area contributed by atoms with Gasteiger partial charge < -0.3 is 5.73 Å². The van der Waals surface area contributed by atoms with Crippen molar-refractivity contribution in [3.63, 3.8) is 0 Å². The molecule has 0 atom stereocenters. The highest BCUT2D eigenvalue weighted by atomic mass is 14.5. The number of fused-ring (bicyclic) bond motifs is 1. The van der Waals surface area contributed by atoms with E-state index in [0.29, 0.717) is 0 Å². The van der Waals surface area contributed by atoms with Gasteiger partial charge in [0.1, 0.15) is 0 Å². The van der Waals surface area contributed by atoms with Crippen molar-refractivity contribution in [2.24, 2.45) is 0 Å². The molecule has 3 aromatic carbocycles. The van der Waals surface area contributed by atoms with E-state index in [4.69, 9.17) is 5.73 Å². The molecule has 0 radical (unpaired) electrons. The van der Waals surface area contributed by atoms with Crippen LogP contribution >= 0.6 is 0 Å². The van der Waals surface area contributed by atoms with Gasteiger partial charge in [0.05, 0.1) is 0 Å². The molecule has 22 heavy (non-hydrogen) atoms. The van der Waals surface area contributed by atoms with Crippen LogP contribution in [-0.2, 0) is 6.42 Å². The Morgan fingerprint density at radius 1 is 0.636 bits per heavy atom. The lowest BCUT2D eigenvalue weighted by atomic mass is 10.1. The van der Waals surface area contributed by atoms with Gasteiger partial charge in [-0.3, -0.25) is 0 Å². The fourth-order valence-corrected chi connectivity index (χ4v) is 2.50. The van der Waals surface area contributed by atoms with Crippen LogP contribution in [0.25, 0.3) is 17.2 Å². The molecule has 108 valence electrons. The molecule has 3 aromatic rings. The summed E-state index contributed by atoms with van der Waals surface area (Å²) in [5.74, 6) is 0. The summed E-state index contributed by atoms with van der Waals surface area (Å²) in [4.78, 5) is 0. The lowest BCUT2D eigenvalue weighted by molar-refractivity contribution is 1.31. The van der Waals surface area contributed by atoms with Crippen molar-refractivity contribution in [2.75, 3.05) is 5.73 Å². The fraction of sp³-hybridized carbons (Fsp3) is 0.0476. The maximum absolute atomic E-state index is 5.60. The van der Waals surface area contributed by atoms with Crippen LogP contribution in [-0.4, -0.2) is 0 Å². The molecule has 0 bridgehead atoms. The van der Waals surface area contributed by atoms with Crippen LogP contribution in [0.4, 0.5) is 5.69 Å². The molecule has 0 spiro atoms. The van der Waals surface area contributed by atoms with E-state index in [9.17, 15) is 0 Å². The summed E-state index contributed by atoms with van der Waals surface area (Å²) < 4.78 is 0. The van der Waals surface area contributed by atoms with E-state index in [0.717, 1.165) is 12.1 Å². The normalized spacial score (nSPS) is 11.5. The number of allylic oxidation sites excluding steroid dienone is 1. The average Bonchev–Trinajstić information content (AvgIpc) is 3.06. The largest absolute Gasteiger partial charge is 0.399 e. The molecule has 0 heterocycles. The van der Waals surface area contributed by atoms with Gasteiger partial charge in [0.25, 0.3) is 0 Å². The summed E-state index contributed by atoms with van der Waals surface area (Å²) in [6.45, 7) is 0. The van der Waals surface area contributed by atoms with Crippen molar-refractivity contribution < 1.29 is 0 Å². The zero-order chi connectivity index (χ0) is 15.2. The minimum Gasteiger partial charge on any atom is -0.399 e. The Hall–Kier alpha value is -2.80. The predicted molar refractivity (Wildman–Crippen MR) is 95.5 cm³/mol. The quantitative estimate of drug-likeness (QED) is 0.612. The van der Waals surface area contributed by atoms with Gasteiger partial charge in [-0.1, -0.05) is 78.9 Å². The minimum atomic E-state index is 0.805. The molecular weight excluding hydrogens is 266 g/mol. The van der Waals surface area contributed by atoms with Gasteiger partial charge in [0.15, 0.2) is 0 Å². The maximum atomic E-state index is 5.60. The standard InChI is InChI=1S/C12H11N.C9H8/c13-12-8-6-11(7-9-12)10-4-2-1-3-5-10;1-2-5-9-7-3-6-8(9)4-1/h1-9H,13H2;1-6H,7H2. The van der Waals surface area contributed by atoms with Crippen molar-refractivity contribution in [1.29, 1.82) is 0 Å². The van der Waals surface area contributed by atoms with Crippen LogP contribution in [0.2, 0.25) is 0 Å². The molecule has 0 saturated heterocycles. The SMILES string of the molecule is C1=Cc2ccccc2C1.Nc1ccc(-c2ccccc2)cc1. The summed E-state index contributed by atoms with van der Waals surface area (Å²) in [7, 11) is 0. The van der Waals surface area contributed by atoms with Gasteiger partial charge in [0, 0.05) is 5.69 Å². The summed E-state index contributed by atoms with van der Waals surface area (Å²) in [6, 6.07) is 26.7. The Labute approximate surface area is 131 Å². The molecule has 0 amide bonds. The Morgan fingerprint density at radius 2 is 1.27 bits per heavy atom. The Morgan fingerprint density at radius 3 is 2.00 bits per heavy atom. The Bertz CT molecular complexity index is 755. The highest BCUT2D eigenvalue weighted by Crippen LogP contribution is 2.19. The molecule has 0 fully saturated rings. The number of nitrogen functional groups attached to an aromatic ring is 1. The van der Waals surface area contributed by atoms with Gasteiger partial charge >= 0.3 is 0 Å². The zero-order valence-electron chi connectivity index (χ0n) is 12.4. The molecule has 4 rings (SSSR count). The van der Waals surface area contributed by atoms with Gasteiger partial charge in [-0.05, 0) is 40.8 Å². The first-order chi connectivity index (χ1) is 10.8. The second-order valence-corrected chi connectivity index (χ2v) is 5.29. The summed E-state index contributed by atoms with van der Waals surface area (Å²) in [6.07, 6.45) is 5.50. The molecular formula is C21H19N. The van der Waals surface area contributed by atoms with Crippen LogP contribution in [0.1, 0.15) is 11.1 Å². The molecule has 2 N–H and O–H groups in total. The molecule has 0 unspecified atom stereocenters. The number of hydrogen-bond donors (Lipinski definition) is 1. The third kappa shape index (κ3) is 3.44. The summed E-state index contributed by atoms with van der Waals surface area (Å²) in [5.41, 5.74) is 11.7. The van der Waals surface area contributed by atoms with Crippen molar-refractivity contribution in [3.8, 4) is 11.1 Å². The van der Waals surface area contributed by atoms with E-state index >= 15 is 0 Å². The molecule has 1 heteroatoms. The van der Waals surface area contributed by atoms with E-state index in [2.05, 4.69) is 48.6 Å². The van der Waals surface area contributed by atoms with E-state index < -0.39 is 0 Å². The highest BCUT2D eigenvalue weighted by Gasteiger charge is 2.00. The smallest absolute Gasteiger partial charge is 0.0314 e. The van der Waals surface area contributed by atoms with Crippen molar-refractivity contribution in [3.05, 3.63) is 96.1 Å². The molecule has 1 nitrogen and oxygen atoms in total. The number of nitrogens with two attached hydrogens (primary N) is 1. The molecule has 1 aliphatic rings. The van der Waals surface area contributed by atoms with Crippen LogP contribution in [0, 0.1) is 0 Å². The number of rotatable bonds is 1. The number of benzene rings is 3. The first kappa shape index (κ1) is 14.2. The van der Waals surface area contributed by atoms with E-state index in [-0.39, 0.29) is 0 Å². The lowest BCUT2D eigenvalue weighted by Gasteiger charge is -2.00. The Balaban J connectivity index is 0.000000139. The van der Waals surface area contributed by atoms with Gasteiger partial charge in [-0.15, -0.1) is 0 Å². The zero-order valence-corrected chi connectivity index (χ0v) is 12.4. The third-order valence-corrected chi connectivity index (χ3v) is 3.71. The van der Waals surface area contributed by atoms with Crippen molar-refractivity contribution >= 4 is 11.8 Å². The van der Waals surface area contributed by atoms with Gasteiger partial charge in [-0.2, -0.15) is 0 Å². The van der Waals surface area contributed by atoms with E-state index in [1.807, 2.05) is 42.5 Å². The van der Waals surface area contributed by atoms with Crippen molar-refractivity contribution in [2.45, 2.75) is 6.42 Å². The topological polar surface area (TPSA) is 26.0 Å². The average molecular weight is 285 g/mol. The monoisotopic (exact) mass is 285 g/mol. The van der Waals surface area contributed by atoms with Gasteiger partial charge in [-0.25, -0.2) is 0 Å². The van der Waals surface area contributed by atoms with Gasteiger partial charge in [0.2, 0.25) is 0 Å². The first-order valence-electron chi connectivity index (χ1n) is 7.48. The number of hydrogen-bond acceptors (Lipinski definition) is 1. The van der Waals surface area contributed by atoms with Crippen LogP contribution in [0.3, 0.4) is 0 Å². The van der Waals surface area contributed by atoms with E-state index in [1.54, 1.807) is 0 Å². The fourth-order valence-electron chi connectivity index (χ4n) is 2.50. The number of anilines is 1. The van der Waals surface area contributed by atoms with Crippen LogP contribution < -0.4 is 5.73 Å². The summed E-state index contributed by atoms with van der Waals surface area (Å²) in [5, 5.41) is 0. The van der Waals surface area contributed by atoms with Crippen LogP contribution in [0.15, 0.2) is 84.9 Å². The van der Waals surface area contributed by atoms with Crippen LogP contribution in [0.5, 0.6) is 0 Å². The molecule has 1 aliphatic carbocycles. The highest BCUT2D eigenvalue weighted by molar-refractivity contribution is 5.65. The molecule has 0 aliphatic heterocycles. The summed E-state index contributed by atoms with van der Waals surface area (Å²) >= 11 is 0. The molecule has 0 aromatic heterocycles. The lowest BCUT2D eigenvalue weighted by Crippen LogP contribution is -1.83. The first-order valence-corrected chi connectivity index (χ1v) is 7.48. The third-order valence-electron chi connectivity index (χ3n) is 3.71. The maximum Gasteiger partial charge on any atom is 0.0314 e. The minimum absolute atomic E-state index is 0.805. The van der Waals surface area contributed by atoms with Crippen molar-refractivity contribution in [1.82, 2.24) is 0 Å². The van der Waals surface area contributed by atoms with E-state index in [1.165, 1.54) is 22.3 Å². The second kappa shape index (κ2) is 6.77.